The van der Waals surface area contributed by atoms with E-state index in [1.165, 1.54) is 24.7 Å². The van der Waals surface area contributed by atoms with E-state index in [9.17, 15) is 26.0 Å². The fourth-order valence-corrected chi connectivity index (χ4v) is 4.75. The summed E-state index contributed by atoms with van der Waals surface area (Å²) >= 11 is 0.715. The van der Waals surface area contributed by atoms with Crippen molar-refractivity contribution in [1.82, 2.24) is 9.78 Å². The summed E-state index contributed by atoms with van der Waals surface area (Å²) < 4.78 is 84.5. The Morgan fingerprint density at radius 2 is 1.87 bits per heavy atom. The van der Waals surface area contributed by atoms with Gasteiger partial charge in [-0.1, -0.05) is 17.8 Å². The SMILES string of the molecule is COC1=C(F)C2=CSc3c(C(F)(F)F)nn(-c4ccc(S(N)(=O)=O)cc4)c3C2=CC1. The molecule has 0 unspecified atom stereocenters. The number of alkyl halides is 3. The van der Waals surface area contributed by atoms with E-state index in [1.54, 1.807) is 6.08 Å². The third kappa shape index (κ3) is 3.34. The van der Waals surface area contributed by atoms with Gasteiger partial charge in [0.25, 0.3) is 0 Å². The number of sulfonamides is 1. The molecule has 2 aliphatic rings. The van der Waals surface area contributed by atoms with Crippen molar-refractivity contribution in [3.05, 3.63) is 64.3 Å². The van der Waals surface area contributed by atoms with Crippen LogP contribution >= 0.6 is 11.8 Å². The highest BCUT2D eigenvalue weighted by molar-refractivity contribution is 8.02. The molecule has 0 bridgehead atoms. The molecule has 12 heteroatoms. The van der Waals surface area contributed by atoms with Crippen molar-refractivity contribution in [2.45, 2.75) is 22.4 Å². The predicted molar refractivity (Wildman–Crippen MR) is 102 cm³/mol. The normalized spacial score (nSPS) is 16.6. The number of methoxy groups -OCH3 is 1. The minimum atomic E-state index is -4.74. The van der Waals surface area contributed by atoms with Gasteiger partial charge < -0.3 is 4.74 Å². The minimum Gasteiger partial charge on any atom is -0.498 e. The number of halogens is 4. The summed E-state index contributed by atoms with van der Waals surface area (Å²) in [6.45, 7) is 0. The second kappa shape index (κ2) is 7.00. The average molecular weight is 459 g/mol. The fraction of sp³-hybridized carbons (Fsp3) is 0.167. The molecule has 0 saturated heterocycles. The largest absolute Gasteiger partial charge is 0.498 e. The molecule has 0 radical (unpaired) electrons. The highest BCUT2D eigenvalue weighted by Crippen LogP contribution is 2.50. The quantitative estimate of drug-likeness (QED) is 0.697. The molecule has 2 N–H and O–H groups in total. The van der Waals surface area contributed by atoms with E-state index in [2.05, 4.69) is 5.10 Å². The summed E-state index contributed by atoms with van der Waals surface area (Å²) in [5.74, 6) is -0.576. The number of hydrogen-bond donors (Lipinski definition) is 1. The first-order valence-corrected chi connectivity index (χ1v) is 10.8. The zero-order chi connectivity index (χ0) is 21.8. The molecule has 4 rings (SSSR count). The summed E-state index contributed by atoms with van der Waals surface area (Å²) in [6, 6.07) is 4.90. The Morgan fingerprint density at radius 3 is 2.43 bits per heavy atom. The van der Waals surface area contributed by atoms with Crippen LogP contribution in [0, 0.1) is 0 Å². The number of nitrogens with two attached hydrogens (primary N) is 1. The van der Waals surface area contributed by atoms with Crippen molar-refractivity contribution in [2.24, 2.45) is 5.14 Å². The molecule has 1 aromatic carbocycles. The van der Waals surface area contributed by atoms with Crippen molar-refractivity contribution in [3.8, 4) is 5.69 Å². The molecule has 1 aliphatic carbocycles. The van der Waals surface area contributed by atoms with E-state index in [0.717, 1.165) is 16.8 Å². The van der Waals surface area contributed by atoms with Crippen LogP contribution in [0.15, 0.2) is 62.7 Å². The van der Waals surface area contributed by atoms with Crippen LogP contribution in [0.4, 0.5) is 17.6 Å². The number of benzene rings is 1. The molecule has 0 fully saturated rings. The van der Waals surface area contributed by atoms with Gasteiger partial charge in [0.15, 0.2) is 11.5 Å². The molecular weight excluding hydrogens is 446 g/mol. The lowest BCUT2D eigenvalue weighted by Gasteiger charge is -2.23. The lowest BCUT2D eigenvalue weighted by Crippen LogP contribution is -2.13. The molecule has 0 saturated carbocycles. The Balaban J connectivity index is 1.92. The Labute approximate surface area is 172 Å². The summed E-state index contributed by atoms with van der Waals surface area (Å²) in [6.07, 6.45) is -3.10. The van der Waals surface area contributed by atoms with Crippen LogP contribution in [-0.4, -0.2) is 25.3 Å². The summed E-state index contributed by atoms with van der Waals surface area (Å²) in [7, 11) is -2.66. The van der Waals surface area contributed by atoms with Crippen LogP contribution in [0.2, 0.25) is 0 Å². The van der Waals surface area contributed by atoms with Crippen molar-refractivity contribution in [2.75, 3.05) is 7.11 Å². The van der Waals surface area contributed by atoms with Crippen LogP contribution in [0.1, 0.15) is 17.8 Å². The predicted octanol–water partition coefficient (Wildman–Crippen LogP) is 4.14. The Bertz CT molecular complexity index is 1240. The summed E-state index contributed by atoms with van der Waals surface area (Å²) in [4.78, 5) is -0.365. The number of ether oxygens (including phenoxy) is 1. The lowest BCUT2D eigenvalue weighted by molar-refractivity contribution is -0.143. The third-order valence-electron chi connectivity index (χ3n) is 4.58. The van der Waals surface area contributed by atoms with Crippen molar-refractivity contribution in [1.29, 1.82) is 0 Å². The topological polar surface area (TPSA) is 87.2 Å². The molecule has 2 aromatic rings. The molecule has 2 heterocycles. The number of aromatic nitrogens is 2. The van der Waals surface area contributed by atoms with Crippen LogP contribution in [0.3, 0.4) is 0 Å². The van der Waals surface area contributed by atoms with Gasteiger partial charge in [-0.25, -0.2) is 22.6 Å². The monoisotopic (exact) mass is 459 g/mol. The second-order valence-corrected chi connectivity index (χ2v) is 8.83. The minimum absolute atomic E-state index is 0.0655. The third-order valence-corrected chi connectivity index (χ3v) is 6.48. The molecule has 1 aromatic heterocycles. The zero-order valence-corrected chi connectivity index (χ0v) is 16.8. The van der Waals surface area contributed by atoms with Crippen LogP contribution < -0.4 is 5.14 Å². The van der Waals surface area contributed by atoms with E-state index in [1.807, 2.05) is 0 Å². The van der Waals surface area contributed by atoms with Gasteiger partial charge in [-0.15, -0.1) is 0 Å². The second-order valence-electron chi connectivity index (χ2n) is 6.39. The van der Waals surface area contributed by atoms with Gasteiger partial charge in [0.05, 0.1) is 28.3 Å². The smallest absolute Gasteiger partial charge is 0.436 e. The van der Waals surface area contributed by atoms with E-state index in [-0.39, 0.29) is 44.5 Å². The van der Waals surface area contributed by atoms with Gasteiger partial charge in [0, 0.05) is 17.6 Å². The Hall–Kier alpha value is -2.57. The number of nitrogens with zero attached hydrogens (tertiary/aromatic N) is 2. The molecular formula is C18H13F4N3O3S2. The first-order chi connectivity index (χ1) is 14.0. The average Bonchev–Trinajstić information content (AvgIpc) is 3.08. The van der Waals surface area contributed by atoms with Gasteiger partial charge in [-0.3, -0.25) is 0 Å². The highest BCUT2D eigenvalue weighted by atomic mass is 32.2. The molecule has 0 spiro atoms. The van der Waals surface area contributed by atoms with Crippen molar-refractivity contribution < 1.29 is 30.7 Å². The van der Waals surface area contributed by atoms with Crippen LogP contribution in [0.5, 0.6) is 0 Å². The van der Waals surface area contributed by atoms with Gasteiger partial charge in [0.1, 0.15) is 5.76 Å². The number of hydrogen-bond acceptors (Lipinski definition) is 5. The standard InChI is InChI=1S/C18H13F4N3O3S2/c1-28-13-7-6-11-12(14(13)19)8-29-16-15(11)25(24-17(16)18(20,21)22)9-2-4-10(5-3-9)30(23,26)27/h2-6,8H,7H2,1H3,(H2,23,26,27). The number of thioether (sulfide) groups is 1. The van der Waals surface area contributed by atoms with E-state index in [4.69, 9.17) is 9.88 Å². The van der Waals surface area contributed by atoms with E-state index < -0.39 is 27.7 Å². The maximum atomic E-state index is 14.7. The molecule has 6 nitrogen and oxygen atoms in total. The van der Waals surface area contributed by atoms with Gasteiger partial charge in [0.2, 0.25) is 10.0 Å². The molecule has 0 amide bonds. The Morgan fingerprint density at radius 1 is 1.20 bits per heavy atom. The summed E-state index contributed by atoms with van der Waals surface area (Å²) in [5, 5.41) is 10.1. The number of rotatable bonds is 3. The molecule has 0 atom stereocenters. The number of allylic oxidation sites excluding steroid dienone is 4. The van der Waals surface area contributed by atoms with Crippen LogP contribution in [-0.2, 0) is 20.9 Å². The van der Waals surface area contributed by atoms with Crippen molar-refractivity contribution >= 4 is 27.4 Å². The summed E-state index contributed by atoms with van der Waals surface area (Å²) in [5.41, 5.74) is -0.527. The maximum absolute atomic E-state index is 14.7. The maximum Gasteiger partial charge on any atom is 0.436 e. The Kier molecular flexibility index (Phi) is 4.83. The number of primary sulfonamides is 1. The fourth-order valence-electron chi connectivity index (χ4n) is 3.19. The van der Waals surface area contributed by atoms with Gasteiger partial charge in [-0.05, 0) is 29.7 Å². The van der Waals surface area contributed by atoms with E-state index >= 15 is 0 Å². The highest BCUT2D eigenvalue weighted by Gasteiger charge is 2.42. The van der Waals surface area contributed by atoms with Crippen molar-refractivity contribution in [3.63, 3.8) is 0 Å². The first-order valence-electron chi connectivity index (χ1n) is 8.36. The number of fused-ring (bicyclic) bond motifs is 3. The lowest BCUT2D eigenvalue weighted by atomic mass is 9.95. The van der Waals surface area contributed by atoms with Gasteiger partial charge >= 0.3 is 6.18 Å². The molecule has 1 aliphatic heterocycles. The molecule has 158 valence electrons. The van der Waals surface area contributed by atoms with E-state index in [0.29, 0.717) is 11.8 Å². The first kappa shape index (κ1) is 20.7. The zero-order valence-electron chi connectivity index (χ0n) is 15.2. The molecule has 30 heavy (non-hydrogen) atoms. The van der Waals surface area contributed by atoms with Crippen LogP contribution in [0.25, 0.3) is 11.3 Å². The van der Waals surface area contributed by atoms with Gasteiger partial charge in [-0.2, -0.15) is 18.3 Å².